The van der Waals surface area contributed by atoms with E-state index in [1.807, 2.05) is 48.0 Å². The van der Waals surface area contributed by atoms with Gasteiger partial charge in [-0.2, -0.15) is 11.8 Å². The predicted octanol–water partition coefficient (Wildman–Crippen LogP) is 3.58. The SMILES string of the molecule is CCS[C@@H]1CC[C@@H](N(C)C(=O)c2cccc(COC)c2)C1. The Morgan fingerprint density at radius 1 is 1.43 bits per heavy atom. The van der Waals surface area contributed by atoms with Gasteiger partial charge in [0.15, 0.2) is 0 Å². The Balaban J connectivity index is 2.00. The fourth-order valence-corrected chi connectivity index (χ4v) is 4.12. The lowest BCUT2D eigenvalue weighted by Crippen LogP contribution is -2.35. The third-order valence-corrected chi connectivity index (χ3v) is 5.35. The Kier molecular flexibility index (Phi) is 6.12. The molecule has 116 valence electrons. The number of carbonyl (C=O) groups excluding carboxylic acids is 1. The number of carbonyl (C=O) groups is 1. The first-order chi connectivity index (χ1) is 10.2. The van der Waals surface area contributed by atoms with Crippen molar-refractivity contribution >= 4 is 17.7 Å². The van der Waals surface area contributed by atoms with E-state index >= 15 is 0 Å². The zero-order valence-electron chi connectivity index (χ0n) is 13.2. The summed E-state index contributed by atoms with van der Waals surface area (Å²) in [4.78, 5) is 14.6. The summed E-state index contributed by atoms with van der Waals surface area (Å²) < 4.78 is 5.14. The number of amides is 1. The quantitative estimate of drug-likeness (QED) is 0.804. The zero-order chi connectivity index (χ0) is 15.2. The maximum atomic E-state index is 12.6. The molecular formula is C17H25NO2S. The molecule has 0 aliphatic heterocycles. The van der Waals surface area contributed by atoms with Crippen molar-refractivity contribution in [3.8, 4) is 0 Å². The van der Waals surface area contributed by atoms with Crippen LogP contribution in [-0.2, 0) is 11.3 Å². The van der Waals surface area contributed by atoms with Crippen LogP contribution in [0.1, 0.15) is 42.1 Å². The third-order valence-electron chi connectivity index (χ3n) is 4.11. The number of rotatable bonds is 6. The van der Waals surface area contributed by atoms with Crippen LogP contribution in [0.15, 0.2) is 24.3 Å². The molecule has 1 saturated carbocycles. The molecule has 1 aliphatic carbocycles. The van der Waals surface area contributed by atoms with E-state index in [4.69, 9.17) is 4.74 Å². The summed E-state index contributed by atoms with van der Waals surface area (Å²) in [5.41, 5.74) is 1.81. The highest BCUT2D eigenvalue weighted by atomic mass is 32.2. The minimum absolute atomic E-state index is 0.125. The lowest BCUT2D eigenvalue weighted by molar-refractivity contribution is 0.0735. The van der Waals surface area contributed by atoms with Crippen LogP contribution in [0.3, 0.4) is 0 Å². The molecule has 0 radical (unpaired) electrons. The van der Waals surface area contributed by atoms with Crippen LogP contribution in [0.25, 0.3) is 0 Å². The monoisotopic (exact) mass is 307 g/mol. The second-order valence-electron chi connectivity index (χ2n) is 5.59. The molecular weight excluding hydrogens is 282 g/mol. The largest absolute Gasteiger partial charge is 0.380 e. The Morgan fingerprint density at radius 2 is 2.24 bits per heavy atom. The first-order valence-corrected chi connectivity index (χ1v) is 8.67. The van der Waals surface area contributed by atoms with E-state index in [2.05, 4.69) is 6.92 Å². The van der Waals surface area contributed by atoms with Gasteiger partial charge in [-0.25, -0.2) is 0 Å². The van der Waals surface area contributed by atoms with E-state index in [0.717, 1.165) is 35.0 Å². The Morgan fingerprint density at radius 3 is 2.95 bits per heavy atom. The fraction of sp³-hybridized carbons (Fsp3) is 0.588. The van der Waals surface area contributed by atoms with E-state index < -0.39 is 0 Å². The highest BCUT2D eigenvalue weighted by molar-refractivity contribution is 7.99. The van der Waals surface area contributed by atoms with Gasteiger partial charge < -0.3 is 9.64 Å². The van der Waals surface area contributed by atoms with Gasteiger partial charge >= 0.3 is 0 Å². The number of thioether (sulfide) groups is 1. The first-order valence-electron chi connectivity index (χ1n) is 7.62. The van der Waals surface area contributed by atoms with Crippen LogP contribution >= 0.6 is 11.8 Å². The van der Waals surface area contributed by atoms with Crippen molar-refractivity contribution in [3.05, 3.63) is 35.4 Å². The number of hydrogen-bond donors (Lipinski definition) is 0. The van der Waals surface area contributed by atoms with Crippen molar-refractivity contribution in [3.63, 3.8) is 0 Å². The highest BCUT2D eigenvalue weighted by Crippen LogP contribution is 2.32. The van der Waals surface area contributed by atoms with Crippen molar-refractivity contribution in [2.24, 2.45) is 0 Å². The molecule has 1 aromatic rings. The topological polar surface area (TPSA) is 29.5 Å². The van der Waals surface area contributed by atoms with Gasteiger partial charge in [-0.15, -0.1) is 0 Å². The number of ether oxygens (including phenoxy) is 1. The molecule has 1 fully saturated rings. The van der Waals surface area contributed by atoms with Crippen molar-refractivity contribution in [1.29, 1.82) is 0 Å². The Labute approximate surface area is 132 Å². The summed E-state index contributed by atoms with van der Waals surface area (Å²) in [7, 11) is 3.61. The second-order valence-corrected chi connectivity index (χ2v) is 7.17. The molecule has 0 saturated heterocycles. The summed E-state index contributed by atoms with van der Waals surface area (Å²) >= 11 is 2.02. The minimum Gasteiger partial charge on any atom is -0.380 e. The van der Waals surface area contributed by atoms with Crippen molar-refractivity contribution in [2.45, 2.75) is 44.1 Å². The van der Waals surface area contributed by atoms with Crippen molar-refractivity contribution in [2.75, 3.05) is 19.9 Å². The van der Waals surface area contributed by atoms with E-state index in [0.29, 0.717) is 12.6 Å². The van der Waals surface area contributed by atoms with E-state index in [9.17, 15) is 4.79 Å². The molecule has 2 rings (SSSR count). The molecule has 0 bridgehead atoms. The van der Waals surface area contributed by atoms with E-state index in [-0.39, 0.29) is 5.91 Å². The van der Waals surface area contributed by atoms with Crippen LogP contribution in [0.2, 0.25) is 0 Å². The smallest absolute Gasteiger partial charge is 0.253 e. The number of methoxy groups -OCH3 is 1. The standard InChI is InChI=1S/C17H25NO2S/c1-4-21-16-9-8-15(11-16)18(2)17(19)14-7-5-6-13(10-14)12-20-3/h5-7,10,15-16H,4,8-9,11-12H2,1-3H3/t15-,16-/m1/s1. The van der Waals surface area contributed by atoms with E-state index in [1.54, 1.807) is 7.11 Å². The Hall–Kier alpha value is -1.00. The van der Waals surface area contributed by atoms with Gasteiger partial charge in [0, 0.05) is 31.0 Å². The van der Waals surface area contributed by atoms with E-state index in [1.165, 1.54) is 6.42 Å². The summed E-state index contributed by atoms with van der Waals surface area (Å²) in [5, 5.41) is 0.718. The summed E-state index contributed by atoms with van der Waals surface area (Å²) in [6, 6.07) is 8.14. The molecule has 1 aliphatic rings. The molecule has 2 atom stereocenters. The molecule has 21 heavy (non-hydrogen) atoms. The van der Waals surface area contributed by atoms with Gasteiger partial charge in [0.25, 0.3) is 5.91 Å². The molecule has 1 aromatic carbocycles. The molecule has 0 N–H and O–H groups in total. The van der Waals surface area contributed by atoms with Crippen LogP contribution in [0.5, 0.6) is 0 Å². The van der Waals surface area contributed by atoms with Crippen LogP contribution < -0.4 is 0 Å². The predicted molar refractivity (Wildman–Crippen MR) is 88.8 cm³/mol. The average molecular weight is 307 g/mol. The van der Waals surface area contributed by atoms with Gasteiger partial charge in [0.2, 0.25) is 0 Å². The maximum absolute atomic E-state index is 12.6. The van der Waals surface area contributed by atoms with Gasteiger partial charge in [-0.1, -0.05) is 19.1 Å². The fourth-order valence-electron chi connectivity index (χ4n) is 2.99. The lowest BCUT2D eigenvalue weighted by Gasteiger charge is -2.25. The third kappa shape index (κ3) is 4.24. The number of nitrogens with zero attached hydrogens (tertiary/aromatic N) is 1. The molecule has 0 aromatic heterocycles. The second kappa shape index (κ2) is 7.85. The van der Waals surface area contributed by atoms with Gasteiger partial charge in [0.1, 0.15) is 0 Å². The number of hydrogen-bond acceptors (Lipinski definition) is 3. The highest BCUT2D eigenvalue weighted by Gasteiger charge is 2.30. The van der Waals surface area contributed by atoms with Crippen molar-refractivity contribution in [1.82, 2.24) is 4.90 Å². The normalized spacial score (nSPS) is 21.5. The Bertz CT molecular complexity index is 478. The molecule has 0 unspecified atom stereocenters. The molecule has 3 nitrogen and oxygen atoms in total. The summed E-state index contributed by atoms with van der Waals surface area (Å²) in [6.45, 7) is 2.75. The van der Waals surface area contributed by atoms with Gasteiger partial charge in [0.05, 0.1) is 6.61 Å². The van der Waals surface area contributed by atoms with Crippen LogP contribution in [0, 0.1) is 0 Å². The summed E-state index contributed by atoms with van der Waals surface area (Å²) in [5.74, 6) is 1.29. The molecule has 4 heteroatoms. The molecule has 1 amide bonds. The number of benzene rings is 1. The molecule has 0 heterocycles. The minimum atomic E-state index is 0.125. The molecule has 0 spiro atoms. The maximum Gasteiger partial charge on any atom is 0.253 e. The van der Waals surface area contributed by atoms with Crippen LogP contribution in [0.4, 0.5) is 0 Å². The van der Waals surface area contributed by atoms with Gasteiger partial charge in [-0.05, 0) is 42.7 Å². The zero-order valence-corrected chi connectivity index (χ0v) is 14.0. The summed E-state index contributed by atoms with van der Waals surface area (Å²) in [6.07, 6.45) is 3.47. The lowest BCUT2D eigenvalue weighted by atomic mass is 10.1. The van der Waals surface area contributed by atoms with Gasteiger partial charge in [-0.3, -0.25) is 4.79 Å². The van der Waals surface area contributed by atoms with Crippen LogP contribution in [-0.4, -0.2) is 42.0 Å². The first kappa shape index (κ1) is 16.4. The van der Waals surface area contributed by atoms with Crippen molar-refractivity contribution < 1.29 is 9.53 Å². The average Bonchev–Trinajstić information content (AvgIpc) is 2.95.